The molecule has 3 heterocycles. The first kappa shape index (κ1) is 22.4. The van der Waals surface area contributed by atoms with Gasteiger partial charge in [0.15, 0.2) is 0 Å². The van der Waals surface area contributed by atoms with Crippen molar-refractivity contribution in [2.24, 2.45) is 11.8 Å². The number of hydrogen-bond donors (Lipinski definition) is 2. The van der Waals surface area contributed by atoms with Crippen LogP contribution >= 0.6 is 11.8 Å². The second-order valence-electron chi connectivity index (χ2n) is 9.71. The lowest BCUT2D eigenvalue weighted by molar-refractivity contribution is -0.155. The Hall–Kier alpha value is -1.28. The molecule has 3 aliphatic heterocycles. The van der Waals surface area contributed by atoms with Gasteiger partial charge >= 0.3 is 5.97 Å². The Kier molecular flexibility index (Phi) is 5.75. The van der Waals surface area contributed by atoms with Crippen molar-refractivity contribution in [2.75, 3.05) is 13.2 Å². The highest BCUT2D eigenvalue weighted by molar-refractivity contribution is 8.02. The number of nitrogens with zero attached hydrogens (tertiary/aromatic N) is 1. The zero-order valence-electron chi connectivity index (χ0n) is 18.3. The molecule has 0 saturated carbocycles. The van der Waals surface area contributed by atoms with Crippen molar-refractivity contribution in [3.8, 4) is 0 Å². The lowest BCUT2D eigenvalue weighted by Gasteiger charge is -2.38. The van der Waals surface area contributed by atoms with Gasteiger partial charge in [-0.1, -0.05) is 6.92 Å². The van der Waals surface area contributed by atoms with Gasteiger partial charge in [0.1, 0.15) is 6.04 Å². The average molecular weight is 427 g/mol. The van der Waals surface area contributed by atoms with Gasteiger partial charge < -0.3 is 20.1 Å². The van der Waals surface area contributed by atoms with E-state index >= 15 is 0 Å². The molecule has 3 rings (SSSR count). The van der Waals surface area contributed by atoms with Crippen LogP contribution in [0.2, 0.25) is 0 Å². The van der Waals surface area contributed by atoms with Crippen LogP contribution in [0.3, 0.4) is 0 Å². The Balaban J connectivity index is 2.10. The number of ether oxygens (including phenoxy) is 1. The number of aliphatic hydroxyl groups is 1. The third-order valence-corrected chi connectivity index (χ3v) is 8.56. The van der Waals surface area contributed by atoms with E-state index in [-0.39, 0.29) is 31.0 Å². The van der Waals surface area contributed by atoms with Crippen LogP contribution in [0.5, 0.6) is 0 Å². The summed E-state index contributed by atoms with van der Waals surface area (Å²) in [4.78, 5) is 41.6. The fourth-order valence-corrected chi connectivity index (χ4v) is 7.83. The maximum atomic E-state index is 13.7. The molecule has 0 aromatic rings. The molecule has 3 saturated heterocycles. The third kappa shape index (κ3) is 3.36. The van der Waals surface area contributed by atoms with Crippen molar-refractivity contribution in [3.05, 3.63) is 0 Å². The molecule has 3 aliphatic rings. The number of thioether (sulfide) groups is 1. The standard InChI is InChI=1S/C21H34N2O5S/c1-7-12(11-24)23-15(16(25)22-19(3,4)5)21-10-9-20(6,29-21)14(13(21)17(23)26)18(27)28-8-2/h12-15,24H,7-11H2,1-6H3,(H,22,25)/t12-,13-,14-,15?,20+,21?/m0/s1. The van der Waals surface area contributed by atoms with Gasteiger partial charge in [-0.25, -0.2) is 0 Å². The van der Waals surface area contributed by atoms with E-state index < -0.39 is 39.0 Å². The summed E-state index contributed by atoms with van der Waals surface area (Å²) in [5, 5.41) is 13.0. The van der Waals surface area contributed by atoms with Gasteiger partial charge in [-0.3, -0.25) is 14.4 Å². The summed E-state index contributed by atoms with van der Waals surface area (Å²) in [6, 6.07) is -1.16. The summed E-state index contributed by atoms with van der Waals surface area (Å²) in [5.74, 6) is -1.92. The Morgan fingerprint density at radius 1 is 1.34 bits per heavy atom. The summed E-state index contributed by atoms with van der Waals surface area (Å²) < 4.78 is 4.27. The first-order valence-electron chi connectivity index (χ1n) is 10.6. The van der Waals surface area contributed by atoms with Crippen LogP contribution in [-0.4, -0.2) is 68.1 Å². The van der Waals surface area contributed by atoms with E-state index in [0.29, 0.717) is 12.8 Å². The molecule has 2 unspecified atom stereocenters. The van der Waals surface area contributed by atoms with Crippen LogP contribution in [-0.2, 0) is 19.1 Å². The van der Waals surface area contributed by atoms with Gasteiger partial charge in [0.25, 0.3) is 0 Å². The molecule has 3 fully saturated rings. The Morgan fingerprint density at radius 3 is 2.52 bits per heavy atom. The van der Waals surface area contributed by atoms with E-state index in [1.54, 1.807) is 23.6 Å². The molecule has 8 heteroatoms. The van der Waals surface area contributed by atoms with Crippen LogP contribution in [0.1, 0.15) is 60.8 Å². The molecule has 0 aromatic carbocycles. The van der Waals surface area contributed by atoms with Crippen LogP contribution < -0.4 is 5.32 Å². The molecule has 29 heavy (non-hydrogen) atoms. The molecular formula is C21H34N2O5S. The predicted molar refractivity (Wildman–Crippen MR) is 111 cm³/mol. The van der Waals surface area contributed by atoms with Crippen molar-refractivity contribution in [1.82, 2.24) is 10.2 Å². The monoisotopic (exact) mass is 426 g/mol. The van der Waals surface area contributed by atoms with Gasteiger partial charge in [0.05, 0.1) is 35.8 Å². The molecule has 6 atom stereocenters. The average Bonchev–Trinajstić information content (AvgIpc) is 3.16. The minimum Gasteiger partial charge on any atom is -0.466 e. The molecule has 1 spiro atoms. The second-order valence-corrected chi connectivity index (χ2v) is 11.6. The minimum absolute atomic E-state index is 0.200. The highest BCUT2D eigenvalue weighted by Crippen LogP contribution is 2.71. The fraction of sp³-hybridized carbons (Fsp3) is 0.857. The number of fused-ring (bicyclic) bond motifs is 1. The zero-order chi connectivity index (χ0) is 21.8. The number of hydrogen-bond acceptors (Lipinski definition) is 6. The topological polar surface area (TPSA) is 95.9 Å². The molecule has 2 bridgehead atoms. The third-order valence-electron chi connectivity index (χ3n) is 6.58. The normalized spacial score (nSPS) is 36.9. The first-order valence-corrected chi connectivity index (χ1v) is 11.4. The molecule has 164 valence electrons. The maximum Gasteiger partial charge on any atom is 0.311 e. The number of aliphatic hydroxyl groups excluding tert-OH is 1. The summed E-state index contributed by atoms with van der Waals surface area (Å²) in [6.07, 6.45) is 1.99. The number of carbonyl (C=O) groups excluding carboxylic acids is 3. The summed E-state index contributed by atoms with van der Waals surface area (Å²) in [7, 11) is 0. The summed E-state index contributed by atoms with van der Waals surface area (Å²) in [6.45, 7) is 11.5. The molecule has 0 radical (unpaired) electrons. The minimum atomic E-state index is -0.706. The van der Waals surface area contributed by atoms with Crippen LogP contribution in [0.4, 0.5) is 0 Å². The Bertz CT molecular complexity index is 704. The van der Waals surface area contributed by atoms with Crippen molar-refractivity contribution in [1.29, 1.82) is 0 Å². The van der Waals surface area contributed by atoms with Crippen LogP contribution in [0.15, 0.2) is 0 Å². The van der Waals surface area contributed by atoms with E-state index in [1.807, 2.05) is 34.6 Å². The van der Waals surface area contributed by atoms with Crippen molar-refractivity contribution >= 4 is 29.5 Å². The molecule has 2 N–H and O–H groups in total. The molecule has 2 amide bonds. The number of esters is 1. The van der Waals surface area contributed by atoms with E-state index in [0.717, 1.165) is 6.42 Å². The first-order chi connectivity index (χ1) is 13.5. The van der Waals surface area contributed by atoms with Crippen molar-refractivity contribution in [3.63, 3.8) is 0 Å². The highest BCUT2D eigenvalue weighted by atomic mass is 32.2. The number of rotatable bonds is 6. The fourth-order valence-electron chi connectivity index (χ4n) is 5.50. The number of nitrogens with one attached hydrogen (secondary N) is 1. The van der Waals surface area contributed by atoms with Gasteiger partial charge in [-0.2, -0.15) is 0 Å². The van der Waals surface area contributed by atoms with E-state index in [2.05, 4.69) is 5.32 Å². The maximum absolute atomic E-state index is 13.7. The van der Waals surface area contributed by atoms with Crippen LogP contribution in [0, 0.1) is 11.8 Å². The molecule has 0 aromatic heterocycles. The van der Waals surface area contributed by atoms with Crippen molar-refractivity contribution < 1.29 is 24.2 Å². The number of carbonyl (C=O) groups is 3. The lowest BCUT2D eigenvalue weighted by Crippen LogP contribution is -2.59. The second kappa shape index (κ2) is 7.45. The van der Waals surface area contributed by atoms with Gasteiger partial charge in [0, 0.05) is 10.3 Å². The SMILES string of the molecule is CCOC(=O)[C@@H]1[C@H]2C(=O)N([C@@H](CC)CO)C(C(=O)NC(C)(C)C)C23CC[C@@]1(C)S3. The smallest absolute Gasteiger partial charge is 0.311 e. The van der Waals surface area contributed by atoms with Crippen LogP contribution in [0.25, 0.3) is 0 Å². The quantitative estimate of drug-likeness (QED) is 0.628. The molecular weight excluding hydrogens is 392 g/mol. The van der Waals surface area contributed by atoms with Gasteiger partial charge in [-0.05, 0) is 53.9 Å². The number of amides is 2. The Labute approximate surface area is 177 Å². The van der Waals surface area contributed by atoms with E-state index in [4.69, 9.17) is 4.74 Å². The van der Waals surface area contributed by atoms with E-state index in [1.165, 1.54) is 0 Å². The van der Waals surface area contributed by atoms with Crippen molar-refractivity contribution in [2.45, 2.75) is 87.9 Å². The summed E-state index contributed by atoms with van der Waals surface area (Å²) >= 11 is 1.62. The Morgan fingerprint density at radius 2 is 2.00 bits per heavy atom. The summed E-state index contributed by atoms with van der Waals surface area (Å²) in [5.41, 5.74) is -0.451. The van der Waals surface area contributed by atoms with Gasteiger partial charge in [-0.15, -0.1) is 11.8 Å². The number of likely N-dealkylation sites (tertiary alicyclic amines) is 1. The molecule has 7 nitrogen and oxygen atoms in total. The molecule has 0 aliphatic carbocycles. The predicted octanol–water partition coefficient (Wildman–Crippen LogP) is 1.72. The zero-order valence-corrected chi connectivity index (χ0v) is 19.1. The highest BCUT2D eigenvalue weighted by Gasteiger charge is 2.78. The van der Waals surface area contributed by atoms with E-state index in [9.17, 15) is 19.5 Å². The lowest BCUT2D eigenvalue weighted by atomic mass is 9.66. The van der Waals surface area contributed by atoms with Gasteiger partial charge in [0.2, 0.25) is 11.8 Å². The largest absolute Gasteiger partial charge is 0.466 e.